The van der Waals surface area contributed by atoms with Crippen LogP contribution in [0.25, 0.3) is 0 Å². The Labute approximate surface area is 188 Å². The number of piperidine rings is 1. The summed E-state index contributed by atoms with van der Waals surface area (Å²) in [5.41, 5.74) is 4.56. The van der Waals surface area contributed by atoms with Crippen LogP contribution >= 0.6 is 11.8 Å². The van der Waals surface area contributed by atoms with Crippen molar-refractivity contribution >= 4 is 17.4 Å². The molecule has 2 aliphatic carbocycles. The number of para-hydroxylation sites is 1. The number of thioether (sulfide) groups is 1. The molecule has 5 atom stereocenters. The number of hydrogen-bond acceptors (Lipinski definition) is 5. The van der Waals surface area contributed by atoms with Crippen LogP contribution in [0, 0.1) is 5.92 Å². The molecule has 162 valence electrons. The molecule has 31 heavy (non-hydrogen) atoms. The van der Waals surface area contributed by atoms with Gasteiger partial charge in [-0.2, -0.15) is 0 Å². The fraction of sp³-hybridized carbons (Fsp3) is 0.538. The molecule has 5 heteroatoms. The van der Waals surface area contributed by atoms with Gasteiger partial charge in [0.25, 0.3) is 0 Å². The third-order valence-electron chi connectivity index (χ3n) is 8.93. The molecule has 7 rings (SSSR count). The van der Waals surface area contributed by atoms with Crippen LogP contribution in [0.2, 0.25) is 0 Å². The second-order valence-electron chi connectivity index (χ2n) is 9.97. The van der Waals surface area contributed by atoms with Gasteiger partial charge in [-0.15, -0.1) is 11.8 Å². The molecular formula is C26H30N2O2S. The molecule has 0 radical (unpaired) electrons. The van der Waals surface area contributed by atoms with Crippen LogP contribution in [-0.4, -0.2) is 56.1 Å². The summed E-state index contributed by atoms with van der Waals surface area (Å²) in [5, 5.41) is 0. The summed E-state index contributed by atoms with van der Waals surface area (Å²) in [6.07, 6.45) is 5.07. The smallest absolute Gasteiger partial charge is 0.165 e. The summed E-state index contributed by atoms with van der Waals surface area (Å²) in [6.45, 7) is 2.27. The number of methoxy groups -OCH3 is 1. The van der Waals surface area contributed by atoms with E-state index in [4.69, 9.17) is 9.47 Å². The van der Waals surface area contributed by atoms with Crippen molar-refractivity contribution in [1.29, 1.82) is 0 Å². The average Bonchev–Trinajstić information content (AvgIpc) is 3.16. The maximum atomic E-state index is 7.02. The molecule has 2 fully saturated rings. The monoisotopic (exact) mass is 434 g/mol. The minimum absolute atomic E-state index is 0.136. The zero-order valence-corrected chi connectivity index (χ0v) is 19.2. The van der Waals surface area contributed by atoms with Gasteiger partial charge in [0.05, 0.1) is 18.8 Å². The number of likely N-dealkylation sites (N-methyl/N-ethyl adjacent to an activating group) is 1. The highest BCUT2D eigenvalue weighted by molar-refractivity contribution is 7.99. The van der Waals surface area contributed by atoms with E-state index in [1.54, 1.807) is 7.11 Å². The van der Waals surface area contributed by atoms with Gasteiger partial charge in [0, 0.05) is 34.2 Å². The lowest BCUT2D eigenvalue weighted by Crippen LogP contribution is -2.68. The van der Waals surface area contributed by atoms with Crippen LogP contribution in [0.3, 0.4) is 0 Å². The molecule has 3 heterocycles. The van der Waals surface area contributed by atoms with Gasteiger partial charge in [-0.1, -0.05) is 18.2 Å². The van der Waals surface area contributed by atoms with Crippen LogP contribution in [0.15, 0.2) is 41.3 Å². The number of ether oxygens (including phenoxy) is 2. The zero-order chi connectivity index (χ0) is 20.7. The molecule has 2 bridgehead atoms. The van der Waals surface area contributed by atoms with E-state index in [1.165, 1.54) is 41.0 Å². The minimum atomic E-state index is 0.136. The SMILES string of the molecule is COc1ccc2c3c1O[C@H]1[C@H](N4CCSc5ccccc54)CC[C@H]4[C@@H](C2)N(C)CC[C@@]341. The Morgan fingerprint density at radius 1 is 1.10 bits per heavy atom. The molecule has 1 saturated carbocycles. The Kier molecular flexibility index (Phi) is 3.97. The predicted molar refractivity (Wildman–Crippen MR) is 125 cm³/mol. The van der Waals surface area contributed by atoms with E-state index in [0.29, 0.717) is 18.0 Å². The van der Waals surface area contributed by atoms with Crippen molar-refractivity contribution in [3.63, 3.8) is 0 Å². The van der Waals surface area contributed by atoms with Crippen LogP contribution in [0.1, 0.15) is 30.4 Å². The summed E-state index contributed by atoms with van der Waals surface area (Å²) in [5.74, 6) is 3.82. The summed E-state index contributed by atoms with van der Waals surface area (Å²) in [7, 11) is 4.12. The van der Waals surface area contributed by atoms with E-state index in [0.717, 1.165) is 36.8 Å². The van der Waals surface area contributed by atoms with Crippen molar-refractivity contribution in [2.24, 2.45) is 5.92 Å². The molecule has 1 spiro atoms. The molecule has 0 aromatic heterocycles. The molecule has 4 nitrogen and oxygen atoms in total. The van der Waals surface area contributed by atoms with Gasteiger partial charge in [-0.05, 0) is 69.0 Å². The highest BCUT2D eigenvalue weighted by Gasteiger charge is 2.66. The fourth-order valence-electron chi connectivity index (χ4n) is 7.72. The maximum Gasteiger partial charge on any atom is 0.165 e. The molecule has 0 unspecified atom stereocenters. The largest absolute Gasteiger partial charge is 0.493 e. The molecule has 2 aromatic carbocycles. The van der Waals surface area contributed by atoms with Gasteiger partial charge in [0.2, 0.25) is 0 Å². The van der Waals surface area contributed by atoms with E-state index < -0.39 is 0 Å². The Morgan fingerprint density at radius 3 is 2.90 bits per heavy atom. The average molecular weight is 435 g/mol. The highest BCUT2D eigenvalue weighted by Crippen LogP contribution is 2.64. The van der Waals surface area contributed by atoms with E-state index in [1.807, 2.05) is 11.8 Å². The molecule has 2 aromatic rings. The first-order chi connectivity index (χ1) is 15.2. The van der Waals surface area contributed by atoms with Crippen molar-refractivity contribution in [3.05, 3.63) is 47.5 Å². The first-order valence-corrected chi connectivity index (χ1v) is 12.8. The summed E-state index contributed by atoms with van der Waals surface area (Å²) in [6, 6.07) is 14.5. The van der Waals surface area contributed by atoms with E-state index in [9.17, 15) is 0 Å². The van der Waals surface area contributed by atoms with E-state index >= 15 is 0 Å². The number of benzene rings is 2. The normalized spacial score (nSPS) is 35.2. The first kappa shape index (κ1) is 18.7. The Morgan fingerprint density at radius 2 is 2.00 bits per heavy atom. The Hall–Kier alpha value is -1.85. The van der Waals surface area contributed by atoms with E-state index in [2.05, 4.69) is 53.2 Å². The second-order valence-corrected chi connectivity index (χ2v) is 11.1. The Balaban J connectivity index is 1.40. The molecule has 3 aliphatic heterocycles. The van der Waals surface area contributed by atoms with Gasteiger partial charge in [-0.3, -0.25) is 0 Å². The lowest BCUT2D eigenvalue weighted by molar-refractivity contribution is -0.0523. The standard InChI is InChI=1S/C26H30N2O2S/c1-27-12-11-26-17-8-9-19(28-13-14-31-22-6-4-3-5-18(22)28)25(26)30-24-21(29-2)10-7-16(23(24)26)15-20(17)27/h3-7,10,17,19-20,25H,8-9,11-15H2,1-2H3/t17-,19+,20+,25-,26-/m0/s1. The van der Waals surface area contributed by atoms with Crippen LogP contribution in [-0.2, 0) is 11.8 Å². The first-order valence-electron chi connectivity index (χ1n) is 11.8. The molecule has 5 aliphatic rings. The number of hydrogen-bond donors (Lipinski definition) is 0. The number of anilines is 1. The zero-order valence-electron chi connectivity index (χ0n) is 18.3. The third kappa shape index (κ3) is 2.32. The molecule has 1 saturated heterocycles. The van der Waals surface area contributed by atoms with Gasteiger partial charge in [0.15, 0.2) is 11.5 Å². The summed E-state index contributed by atoms with van der Waals surface area (Å²) >= 11 is 2.00. The fourth-order valence-corrected chi connectivity index (χ4v) is 8.73. The van der Waals surface area contributed by atoms with Crippen molar-refractivity contribution in [2.75, 3.05) is 37.9 Å². The van der Waals surface area contributed by atoms with E-state index in [-0.39, 0.29) is 11.5 Å². The highest BCUT2D eigenvalue weighted by atomic mass is 32.2. The maximum absolute atomic E-state index is 7.02. The predicted octanol–water partition coefficient (Wildman–Crippen LogP) is 4.35. The van der Waals surface area contributed by atoms with Crippen molar-refractivity contribution in [3.8, 4) is 11.5 Å². The number of rotatable bonds is 2. The topological polar surface area (TPSA) is 24.9 Å². The van der Waals surface area contributed by atoms with Crippen molar-refractivity contribution in [2.45, 2.75) is 54.2 Å². The third-order valence-corrected chi connectivity index (χ3v) is 9.98. The van der Waals surface area contributed by atoms with Crippen molar-refractivity contribution < 1.29 is 9.47 Å². The number of likely N-dealkylation sites (tertiary alicyclic amines) is 1. The lowest BCUT2D eigenvalue weighted by Gasteiger charge is -2.60. The number of fused-ring (bicyclic) bond motifs is 1. The summed E-state index contributed by atoms with van der Waals surface area (Å²) in [4.78, 5) is 6.75. The number of nitrogens with zero attached hydrogens (tertiary/aromatic N) is 2. The van der Waals surface area contributed by atoms with Crippen LogP contribution in [0.5, 0.6) is 11.5 Å². The Bertz CT molecular complexity index is 1060. The van der Waals surface area contributed by atoms with Crippen LogP contribution in [0.4, 0.5) is 5.69 Å². The quantitative estimate of drug-likeness (QED) is 0.700. The van der Waals surface area contributed by atoms with Gasteiger partial charge >= 0.3 is 0 Å². The second kappa shape index (κ2) is 6.58. The summed E-state index contributed by atoms with van der Waals surface area (Å²) < 4.78 is 12.8. The molecule has 0 N–H and O–H groups in total. The lowest BCUT2D eigenvalue weighted by atomic mass is 9.51. The van der Waals surface area contributed by atoms with Gasteiger partial charge in [0.1, 0.15) is 6.10 Å². The molecular weight excluding hydrogens is 404 g/mol. The van der Waals surface area contributed by atoms with Gasteiger partial charge in [-0.25, -0.2) is 0 Å². The van der Waals surface area contributed by atoms with Crippen molar-refractivity contribution in [1.82, 2.24) is 4.90 Å². The minimum Gasteiger partial charge on any atom is -0.493 e. The van der Waals surface area contributed by atoms with Crippen LogP contribution < -0.4 is 14.4 Å². The molecule has 0 amide bonds. The van der Waals surface area contributed by atoms with Gasteiger partial charge < -0.3 is 19.3 Å².